The predicted molar refractivity (Wildman–Crippen MR) is 81.8 cm³/mol. The van der Waals surface area contributed by atoms with Crippen LogP contribution in [0.3, 0.4) is 0 Å². The topological polar surface area (TPSA) is 15.3 Å². The molecule has 2 aliphatic rings. The van der Waals surface area contributed by atoms with Crippen LogP contribution in [0.5, 0.6) is 0 Å². The maximum Gasteiger partial charge on any atom is 0.0376 e. The third-order valence-corrected chi connectivity index (χ3v) is 4.67. The van der Waals surface area contributed by atoms with E-state index in [-0.39, 0.29) is 0 Å². The molecule has 0 aromatic heterocycles. The molecule has 1 aromatic rings. The minimum Gasteiger partial charge on any atom is -0.384 e. The first-order valence-electron chi connectivity index (χ1n) is 7.98. The summed E-state index contributed by atoms with van der Waals surface area (Å²) in [6, 6.07) is 8.81. The van der Waals surface area contributed by atoms with Gasteiger partial charge in [0.05, 0.1) is 0 Å². The molecule has 0 aliphatic carbocycles. The molecule has 0 spiro atoms. The number of para-hydroxylation sites is 1. The lowest BCUT2D eigenvalue weighted by molar-refractivity contribution is 0.276. The number of rotatable bonds is 4. The van der Waals surface area contributed by atoms with E-state index < -0.39 is 0 Å². The smallest absolute Gasteiger partial charge is 0.0376 e. The third kappa shape index (κ3) is 3.30. The Bertz CT molecular complexity index is 394. The molecular weight excluding hydrogens is 232 g/mol. The van der Waals surface area contributed by atoms with Crippen molar-refractivity contribution in [2.24, 2.45) is 0 Å². The summed E-state index contributed by atoms with van der Waals surface area (Å²) < 4.78 is 0. The lowest BCUT2D eigenvalue weighted by Crippen LogP contribution is -2.26. The van der Waals surface area contributed by atoms with Gasteiger partial charge < -0.3 is 10.2 Å². The SMILES string of the molecule is c1ccc2c(c1)NCC2CCCN1CCCCCC1. The van der Waals surface area contributed by atoms with Gasteiger partial charge in [-0.3, -0.25) is 0 Å². The van der Waals surface area contributed by atoms with Gasteiger partial charge in [-0.25, -0.2) is 0 Å². The molecule has 1 fully saturated rings. The van der Waals surface area contributed by atoms with Crippen molar-refractivity contribution in [1.82, 2.24) is 4.90 Å². The fourth-order valence-electron chi connectivity index (χ4n) is 3.54. The minimum atomic E-state index is 0.739. The molecule has 1 saturated heterocycles. The Morgan fingerprint density at radius 3 is 2.68 bits per heavy atom. The van der Waals surface area contributed by atoms with Crippen molar-refractivity contribution in [1.29, 1.82) is 0 Å². The number of fused-ring (bicyclic) bond motifs is 1. The van der Waals surface area contributed by atoms with Crippen LogP contribution in [0, 0.1) is 0 Å². The van der Waals surface area contributed by atoms with E-state index in [4.69, 9.17) is 0 Å². The van der Waals surface area contributed by atoms with Gasteiger partial charge in [0.15, 0.2) is 0 Å². The molecule has 1 unspecified atom stereocenters. The van der Waals surface area contributed by atoms with Crippen molar-refractivity contribution >= 4 is 5.69 Å². The highest BCUT2D eigenvalue weighted by molar-refractivity contribution is 5.57. The lowest BCUT2D eigenvalue weighted by atomic mass is 9.96. The van der Waals surface area contributed by atoms with Crippen LogP contribution >= 0.6 is 0 Å². The van der Waals surface area contributed by atoms with Gasteiger partial charge in [-0.1, -0.05) is 31.0 Å². The van der Waals surface area contributed by atoms with Gasteiger partial charge in [0, 0.05) is 18.2 Å². The molecule has 104 valence electrons. The highest BCUT2D eigenvalue weighted by Crippen LogP contribution is 2.33. The number of nitrogens with zero attached hydrogens (tertiary/aromatic N) is 1. The van der Waals surface area contributed by atoms with E-state index in [0.29, 0.717) is 0 Å². The maximum atomic E-state index is 3.54. The molecule has 2 nitrogen and oxygen atoms in total. The van der Waals surface area contributed by atoms with Crippen LogP contribution in [0.15, 0.2) is 24.3 Å². The van der Waals surface area contributed by atoms with Crippen LogP contribution in [0.1, 0.15) is 50.0 Å². The van der Waals surface area contributed by atoms with Gasteiger partial charge in [0.2, 0.25) is 0 Å². The van der Waals surface area contributed by atoms with Crippen molar-refractivity contribution in [3.8, 4) is 0 Å². The first-order chi connectivity index (χ1) is 9.43. The zero-order valence-corrected chi connectivity index (χ0v) is 11.9. The summed E-state index contributed by atoms with van der Waals surface area (Å²) in [5, 5.41) is 3.54. The zero-order valence-electron chi connectivity index (χ0n) is 11.9. The van der Waals surface area contributed by atoms with Crippen LogP contribution in [-0.4, -0.2) is 31.1 Å². The van der Waals surface area contributed by atoms with Gasteiger partial charge in [-0.05, 0) is 56.9 Å². The highest BCUT2D eigenvalue weighted by Gasteiger charge is 2.21. The van der Waals surface area contributed by atoms with Crippen molar-refractivity contribution in [3.63, 3.8) is 0 Å². The standard InChI is InChI=1S/C17H26N2/c1-2-6-12-19(11-5-1)13-7-8-15-14-18-17-10-4-3-9-16(15)17/h3-4,9-10,15,18H,1-2,5-8,11-14H2. The number of likely N-dealkylation sites (tertiary alicyclic amines) is 1. The van der Waals surface area contributed by atoms with Crippen molar-refractivity contribution in [3.05, 3.63) is 29.8 Å². The van der Waals surface area contributed by atoms with Crippen molar-refractivity contribution in [2.75, 3.05) is 31.5 Å². The quantitative estimate of drug-likeness (QED) is 0.882. The molecule has 1 N–H and O–H groups in total. The molecule has 2 heteroatoms. The molecule has 0 radical (unpaired) electrons. The molecule has 1 aromatic carbocycles. The summed E-state index contributed by atoms with van der Waals surface area (Å²) in [4.78, 5) is 2.68. The number of hydrogen-bond donors (Lipinski definition) is 1. The van der Waals surface area contributed by atoms with Gasteiger partial charge in [0.1, 0.15) is 0 Å². The minimum absolute atomic E-state index is 0.739. The molecule has 3 rings (SSSR count). The second kappa shape index (κ2) is 6.42. The summed E-state index contributed by atoms with van der Waals surface area (Å²) in [5.41, 5.74) is 2.90. The Labute approximate surface area is 117 Å². The van der Waals surface area contributed by atoms with Crippen LogP contribution < -0.4 is 5.32 Å². The summed E-state index contributed by atoms with van der Waals surface area (Å²) in [6.07, 6.45) is 8.38. The molecule has 0 saturated carbocycles. The predicted octanol–water partition coefficient (Wildman–Crippen LogP) is 3.85. The van der Waals surface area contributed by atoms with Crippen LogP contribution in [0.25, 0.3) is 0 Å². The Morgan fingerprint density at radius 2 is 1.84 bits per heavy atom. The Balaban J connectivity index is 1.45. The Hall–Kier alpha value is -1.02. The molecular formula is C17H26N2. The van der Waals surface area contributed by atoms with Crippen molar-refractivity contribution in [2.45, 2.75) is 44.4 Å². The number of nitrogens with one attached hydrogen (secondary N) is 1. The van der Waals surface area contributed by atoms with Crippen molar-refractivity contribution < 1.29 is 0 Å². The average Bonchev–Trinajstić information content (AvgIpc) is 2.68. The fraction of sp³-hybridized carbons (Fsp3) is 0.647. The number of benzene rings is 1. The summed E-state index contributed by atoms with van der Waals surface area (Å²) in [7, 11) is 0. The number of hydrogen-bond acceptors (Lipinski definition) is 2. The monoisotopic (exact) mass is 258 g/mol. The van der Waals surface area contributed by atoms with Crippen LogP contribution in [0.2, 0.25) is 0 Å². The van der Waals surface area contributed by atoms with E-state index in [1.54, 1.807) is 5.56 Å². The van der Waals surface area contributed by atoms with E-state index in [1.807, 2.05) is 0 Å². The summed E-state index contributed by atoms with van der Waals surface area (Å²) in [6.45, 7) is 5.11. The maximum absolute atomic E-state index is 3.54. The number of anilines is 1. The highest BCUT2D eigenvalue weighted by atomic mass is 15.1. The molecule has 2 heterocycles. The van der Waals surface area contributed by atoms with E-state index >= 15 is 0 Å². The van der Waals surface area contributed by atoms with E-state index in [9.17, 15) is 0 Å². The largest absolute Gasteiger partial charge is 0.384 e. The average molecular weight is 258 g/mol. The van der Waals surface area contributed by atoms with E-state index in [2.05, 4.69) is 34.5 Å². The molecule has 2 aliphatic heterocycles. The first kappa shape index (κ1) is 13.0. The Kier molecular flexibility index (Phi) is 4.39. The molecule has 19 heavy (non-hydrogen) atoms. The summed E-state index contributed by atoms with van der Waals surface area (Å²) >= 11 is 0. The van der Waals surface area contributed by atoms with Gasteiger partial charge in [0.25, 0.3) is 0 Å². The fourth-order valence-corrected chi connectivity index (χ4v) is 3.54. The molecule has 1 atom stereocenters. The Morgan fingerprint density at radius 1 is 1.05 bits per heavy atom. The second-order valence-corrected chi connectivity index (χ2v) is 6.06. The normalized spacial score (nSPS) is 23.7. The van der Waals surface area contributed by atoms with Gasteiger partial charge >= 0.3 is 0 Å². The van der Waals surface area contributed by atoms with Crippen LogP contribution in [-0.2, 0) is 0 Å². The van der Waals surface area contributed by atoms with Gasteiger partial charge in [-0.2, -0.15) is 0 Å². The zero-order chi connectivity index (χ0) is 12.9. The lowest BCUT2D eigenvalue weighted by Gasteiger charge is -2.20. The second-order valence-electron chi connectivity index (χ2n) is 6.06. The van der Waals surface area contributed by atoms with Gasteiger partial charge in [-0.15, -0.1) is 0 Å². The van der Waals surface area contributed by atoms with E-state index in [1.165, 1.54) is 63.8 Å². The van der Waals surface area contributed by atoms with Crippen LogP contribution in [0.4, 0.5) is 5.69 Å². The molecule has 0 amide bonds. The summed E-state index contributed by atoms with van der Waals surface area (Å²) in [5.74, 6) is 0.739. The molecule has 0 bridgehead atoms. The first-order valence-corrected chi connectivity index (χ1v) is 7.98. The third-order valence-electron chi connectivity index (χ3n) is 4.67. The van der Waals surface area contributed by atoms with E-state index in [0.717, 1.165) is 12.5 Å².